The lowest BCUT2D eigenvalue weighted by Crippen LogP contribution is -2.41. The Labute approximate surface area is 186 Å². The number of hydrogen-bond acceptors (Lipinski definition) is 5. The molecule has 0 aliphatic heterocycles. The van der Waals surface area contributed by atoms with Crippen molar-refractivity contribution in [3.05, 3.63) is 92.4 Å². The van der Waals surface area contributed by atoms with E-state index in [2.05, 4.69) is 4.98 Å². The fraction of sp³-hybridized carbons (Fsp3) is 0.217. The standard InChI is InChI=1S/C23H20F2N4O4/c1-13(2)28-21(30)19-20(29(23(28)32)16-8-9-17(24)18(25)10-16)26-12-27(19)11-14-4-6-15(7-5-14)22(31)33-3/h4-10,12-13H,11H2,1-3H3. The molecular formula is C23H20F2N4O4. The summed E-state index contributed by atoms with van der Waals surface area (Å²) in [7, 11) is 1.29. The second-order valence-corrected chi connectivity index (χ2v) is 7.72. The molecule has 0 radical (unpaired) electrons. The Bertz CT molecular complexity index is 1480. The van der Waals surface area contributed by atoms with Gasteiger partial charge in [0.15, 0.2) is 22.8 Å². The zero-order valence-electron chi connectivity index (χ0n) is 18.1. The molecule has 8 nitrogen and oxygen atoms in total. The second-order valence-electron chi connectivity index (χ2n) is 7.72. The first-order valence-electron chi connectivity index (χ1n) is 10.1. The summed E-state index contributed by atoms with van der Waals surface area (Å²) >= 11 is 0. The van der Waals surface area contributed by atoms with E-state index in [4.69, 9.17) is 4.74 Å². The molecule has 0 fully saturated rings. The van der Waals surface area contributed by atoms with E-state index in [1.165, 1.54) is 19.5 Å². The van der Waals surface area contributed by atoms with Crippen molar-refractivity contribution in [2.24, 2.45) is 0 Å². The molecule has 0 aliphatic carbocycles. The fourth-order valence-corrected chi connectivity index (χ4v) is 3.65. The van der Waals surface area contributed by atoms with Crippen LogP contribution in [-0.2, 0) is 11.3 Å². The third kappa shape index (κ3) is 3.84. The zero-order valence-corrected chi connectivity index (χ0v) is 18.1. The molecule has 0 N–H and O–H groups in total. The van der Waals surface area contributed by atoms with Crippen LogP contribution in [0.2, 0.25) is 0 Å². The maximum Gasteiger partial charge on any atom is 0.337 e. The van der Waals surface area contributed by atoms with Crippen molar-refractivity contribution in [1.82, 2.24) is 18.7 Å². The van der Waals surface area contributed by atoms with Crippen LogP contribution >= 0.6 is 0 Å². The van der Waals surface area contributed by atoms with Gasteiger partial charge < -0.3 is 9.30 Å². The molecule has 2 aromatic carbocycles. The highest BCUT2D eigenvalue weighted by Crippen LogP contribution is 2.18. The molecule has 4 rings (SSSR count). The van der Waals surface area contributed by atoms with Gasteiger partial charge in [-0.3, -0.25) is 9.36 Å². The van der Waals surface area contributed by atoms with Crippen molar-refractivity contribution in [2.45, 2.75) is 26.4 Å². The lowest BCUT2D eigenvalue weighted by atomic mass is 10.1. The Morgan fingerprint density at radius 2 is 1.76 bits per heavy atom. The van der Waals surface area contributed by atoms with E-state index in [1.807, 2.05) is 0 Å². The van der Waals surface area contributed by atoms with Crippen molar-refractivity contribution in [1.29, 1.82) is 0 Å². The van der Waals surface area contributed by atoms with Crippen LogP contribution in [-0.4, -0.2) is 31.8 Å². The van der Waals surface area contributed by atoms with E-state index in [0.717, 1.165) is 26.8 Å². The second kappa shape index (κ2) is 8.45. The number of carbonyl (C=O) groups is 1. The normalized spacial score (nSPS) is 11.3. The van der Waals surface area contributed by atoms with Gasteiger partial charge in [-0.15, -0.1) is 0 Å². The van der Waals surface area contributed by atoms with Gasteiger partial charge in [0.2, 0.25) is 0 Å². The van der Waals surface area contributed by atoms with Gasteiger partial charge in [-0.2, -0.15) is 0 Å². The van der Waals surface area contributed by atoms with Crippen LogP contribution in [0, 0.1) is 11.6 Å². The minimum Gasteiger partial charge on any atom is -0.465 e. The van der Waals surface area contributed by atoms with E-state index in [1.54, 1.807) is 42.7 Å². The van der Waals surface area contributed by atoms with Crippen LogP contribution in [0.15, 0.2) is 58.4 Å². The number of rotatable bonds is 5. The molecule has 0 bridgehead atoms. The summed E-state index contributed by atoms with van der Waals surface area (Å²) in [6.45, 7) is 3.58. The highest BCUT2D eigenvalue weighted by atomic mass is 19.2. The number of fused-ring (bicyclic) bond motifs is 1. The summed E-state index contributed by atoms with van der Waals surface area (Å²) in [5.74, 6) is -2.65. The van der Waals surface area contributed by atoms with Crippen LogP contribution in [0.1, 0.15) is 35.8 Å². The number of halogens is 2. The Balaban J connectivity index is 1.91. The predicted octanol–water partition coefficient (Wildman–Crippen LogP) is 3.04. The molecule has 0 saturated heterocycles. The van der Waals surface area contributed by atoms with Crippen LogP contribution in [0.5, 0.6) is 0 Å². The quantitative estimate of drug-likeness (QED) is 0.433. The molecule has 2 aromatic heterocycles. The van der Waals surface area contributed by atoms with Crippen molar-refractivity contribution < 1.29 is 18.3 Å². The van der Waals surface area contributed by atoms with Gasteiger partial charge in [0.25, 0.3) is 5.56 Å². The highest BCUT2D eigenvalue weighted by Gasteiger charge is 2.21. The molecule has 10 heteroatoms. The van der Waals surface area contributed by atoms with Gasteiger partial charge in [0.1, 0.15) is 0 Å². The van der Waals surface area contributed by atoms with E-state index < -0.39 is 34.9 Å². The Kier molecular flexibility index (Phi) is 5.67. The number of ether oxygens (including phenoxy) is 1. The molecule has 0 unspecified atom stereocenters. The Hall–Kier alpha value is -4.08. The average Bonchev–Trinajstić information content (AvgIpc) is 3.19. The molecule has 0 spiro atoms. The Morgan fingerprint density at radius 3 is 2.36 bits per heavy atom. The molecule has 4 aromatic rings. The smallest absolute Gasteiger partial charge is 0.337 e. The van der Waals surface area contributed by atoms with Crippen LogP contribution in [0.4, 0.5) is 8.78 Å². The molecule has 0 aliphatic rings. The summed E-state index contributed by atoms with van der Waals surface area (Å²) < 4.78 is 35.8. The van der Waals surface area contributed by atoms with Crippen LogP contribution in [0.3, 0.4) is 0 Å². The number of imidazole rings is 1. The van der Waals surface area contributed by atoms with Crippen LogP contribution < -0.4 is 11.2 Å². The third-order valence-corrected chi connectivity index (χ3v) is 5.25. The molecule has 33 heavy (non-hydrogen) atoms. The number of methoxy groups -OCH3 is 1. The lowest BCUT2D eigenvalue weighted by Gasteiger charge is -2.15. The molecule has 0 atom stereocenters. The monoisotopic (exact) mass is 454 g/mol. The molecule has 0 saturated carbocycles. The maximum atomic E-state index is 13.9. The van der Waals surface area contributed by atoms with Gasteiger partial charge in [-0.05, 0) is 43.7 Å². The first kappa shape index (κ1) is 22.1. The number of hydrogen-bond donors (Lipinski definition) is 0. The van der Waals surface area contributed by atoms with Crippen LogP contribution in [0.25, 0.3) is 16.9 Å². The topological polar surface area (TPSA) is 88.1 Å². The molecular weight excluding hydrogens is 434 g/mol. The summed E-state index contributed by atoms with van der Waals surface area (Å²) in [5.41, 5.74) is 0.0953. The minimum absolute atomic E-state index is 0.0269. The maximum absolute atomic E-state index is 13.9. The van der Waals surface area contributed by atoms with Gasteiger partial charge in [0.05, 0.1) is 24.7 Å². The number of carbonyl (C=O) groups excluding carboxylic acids is 1. The van der Waals surface area contributed by atoms with Gasteiger partial charge in [-0.1, -0.05) is 12.1 Å². The van der Waals surface area contributed by atoms with Crippen molar-refractivity contribution in [3.8, 4) is 5.69 Å². The van der Waals surface area contributed by atoms with E-state index in [9.17, 15) is 23.2 Å². The third-order valence-electron chi connectivity index (χ3n) is 5.25. The number of nitrogens with zero attached hydrogens (tertiary/aromatic N) is 4. The van der Waals surface area contributed by atoms with Crippen molar-refractivity contribution in [3.63, 3.8) is 0 Å². The average molecular weight is 454 g/mol. The van der Waals surface area contributed by atoms with Gasteiger partial charge in [-0.25, -0.2) is 27.9 Å². The number of benzene rings is 2. The van der Waals surface area contributed by atoms with Crippen molar-refractivity contribution in [2.75, 3.05) is 7.11 Å². The largest absolute Gasteiger partial charge is 0.465 e. The van der Waals surface area contributed by atoms with Gasteiger partial charge >= 0.3 is 11.7 Å². The first-order chi connectivity index (χ1) is 15.7. The summed E-state index contributed by atoms with van der Waals surface area (Å²) in [6.07, 6.45) is 1.40. The summed E-state index contributed by atoms with van der Waals surface area (Å²) in [6, 6.07) is 9.18. The Morgan fingerprint density at radius 1 is 1.06 bits per heavy atom. The summed E-state index contributed by atoms with van der Waals surface area (Å²) in [5, 5.41) is 0. The lowest BCUT2D eigenvalue weighted by molar-refractivity contribution is 0.0600. The summed E-state index contributed by atoms with van der Waals surface area (Å²) in [4.78, 5) is 42.3. The molecule has 170 valence electrons. The zero-order chi connectivity index (χ0) is 23.9. The number of esters is 1. The minimum atomic E-state index is -1.13. The van der Waals surface area contributed by atoms with Crippen molar-refractivity contribution >= 4 is 17.1 Å². The van der Waals surface area contributed by atoms with E-state index >= 15 is 0 Å². The highest BCUT2D eigenvalue weighted by molar-refractivity contribution is 5.89. The van der Waals surface area contributed by atoms with Gasteiger partial charge in [0, 0.05) is 18.7 Å². The first-order valence-corrected chi connectivity index (χ1v) is 10.1. The van der Waals surface area contributed by atoms with E-state index in [-0.39, 0.29) is 23.4 Å². The van der Waals surface area contributed by atoms with E-state index in [0.29, 0.717) is 5.56 Å². The number of aromatic nitrogens is 4. The molecule has 0 amide bonds. The fourth-order valence-electron chi connectivity index (χ4n) is 3.65. The predicted molar refractivity (Wildman–Crippen MR) is 117 cm³/mol. The molecule has 2 heterocycles. The SMILES string of the molecule is COC(=O)c1ccc(Cn2cnc3c2c(=O)n(C(C)C)c(=O)n3-c2ccc(F)c(F)c2)cc1.